The van der Waals surface area contributed by atoms with Crippen molar-refractivity contribution >= 4 is 11.8 Å². The summed E-state index contributed by atoms with van der Waals surface area (Å²) in [4.78, 5) is 2.64. The first-order valence-corrected chi connectivity index (χ1v) is 7.10. The molecular weight excluding hydrogens is 204 g/mol. The Morgan fingerprint density at radius 1 is 1.20 bits per heavy atom. The monoisotopic (exact) mass is 228 g/mol. The molecule has 0 aromatic rings. The van der Waals surface area contributed by atoms with Gasteiger partial charge in [-0.2, -0.15) is 11.8 Å². The highest BCUT2D eigenvalue weighted by Gasteiger charge is 2.42. The normalized spacial score (nSPS) is 29.8. The van der Waals surface area contributed by atoms with Gasteiger partial charge in [-0.25, -0.2) is 0 Å². The molecule has 1 aliphatic heterocycles. The topological polar surface area (TPSA) is 29.3 Å². The molecule has 0 aromatic heterocycles. The molecule has 1 heterocycles. The number of thioether (sulfide) groups is 1. The molecule has 0 spiro atoms. The van der Waals surface area contributed by atoms with E-state index >= 15 is 0 Å². The van der Waals surface area contributed by atoms with Crippen molar-refractivity contribution in [1.82, 2.24) is 4.90 Å². The van der Waals surface area contributed by atoms with Crippen LogP contribution >= 0.6 is 11.8 Å². The van der Waals surface area contributed by atoms with Crippen LogP contribution in [0.4, 0.5) is 0 Å². The van der Waals surface area contributed by atoms with Crippen LogP contribution in [0.1, 0.15) is 33.1 Å². The van der Waals surface area contributed by atoms with Gasteiger partial charge in [0.25, 0.3) is 0 Å². The Bertz CT molecular complexity index is 224. The van der Waals surface area contributed by atoms with E-state index in [1.807, 2.05) is 0 Å². The molecule has 2 rings (SSSR count). The molecular formula is C12H24N2S. The van der Waals surface area contributed by atoms with Gasteiger partial charge in [-0.05, 0) is 37.8 Å². The highest BCUT2D eigenvalue weighted by Crippen LogP contribution is 2.45. The van der Waals surface area contributed by atoms with Crippen LogP contribution in [0.25, 0.3) is 0 Å². The lowest BCUT2D eigenvalue weighted by Crippen LogP contribution is -2.36. The molecule has 2 fully saturated rings. The van der Waals surface area contributed by atoms with E-state index in [1.54, 1.807) is 0 Å². The van der Waals surface area contributed by atoms with E-state index in [-0.39, 0.29) is 0 Å². The minimum atomic E-state index is 0.480. The lowest BCUT2D eigenvalue weighted by atomic mass is 10.1. The summed E-state index contributed by atoms with van der Waals surface area (Å²) in [6, 6.07) is 0. The lowest BCUT2D eigenvalue weighted by Gasteiger charge is -2.26. The fourth-order valence-corrected chi connectivity index (χ4v) is 3.44. The van der Waals surface area contributed by atoms with Crippen molar-refractivity contribution < 1.29 is 0 Å². The molecule has 88 valence electrons. The van der Waals surface area contributed by atoms with Crippen molar-refractivity contribution in [3.8, 4) is 0 Å². The molecule has 0 atom stereocenters. The summed E-state index contributed by atoms with van der Waals surface area (Å²) < 4.78 is 0.480. The average Bonchev–Trinajstić information content (AvgIpc) is 2.95. The number of rotatable bonds is 3. The Morgan fingerprint density at radius 2 is 1.93 bits per heavy atom. The number of nitrogens with two attached hydrogens (primary N) is 1. The number of nitrogens with zero attached hydrogens (tertiary/aromatic N) is 1. The predicted octanol–water partition coefficient (Wildman–Crippen LogP) is 1.94. The molecule has 1 aliphatic carbocycles. The summed E-state index contributed by atoms with van der Waals surface area (Å²) in [5.74, 6) is 1.29. The zero-order valence-corrected chi connectivity index (χ0v) is 10.9. The van der Waals surface area contributed by atoms with Gasteiger partial charge in [0.1, 0.15) is 0 Å². The molecule has 2 N–H and O–H groups in total. The van der Waals surface area contributed by atoms with Gasteiger partial charge in [-0.15, -0.1) is 0 Å². The van der Waals surface area contributed by atoms with E-state index < -0.39 is 0 Å². The first kappa shape index (κ1) is 11.7. The number of hydrogen-bond donors (Lipinski definition) is 1. The Morgan fingerprint density at radius 3 is 2.53 bits per heavy atom. The Labute approximate surface area is 98.0 Å². The summed E-state index contributed by atoms with van der Waals surface area (Å²) in [6.07, 6.45) is 4.03. The van der Waals surface area contributed by atoms with E-state index in [9.17, 15) is 0 Å². The SMILES string of the molecule is CC1(C)CCN(CC2(CN)CC2)CCS1. The first-order valence-electron chi connectivity index (χ1n) is 6.12. The van der Waals surface area contributed by atoms with Crippen LogP contribution in [-0.4, -0.2) is 41.6 Å². The molecule has 0 aromatic carbocycles. The van der Waals surface area contributed by atoms with Crippen LogP contribution in [0.2, 0.25) is 0 Å². The summed E-state index contributed by atoms with van der Waals surface area (Å²) in [7, 11) is 0. The second kappa shape index (κ2) is 4.27. The van der Waals surface area contributed by atoms with E-state index in [2.05, 4.69) is 30.5 Å². The molecule has 3 heteroatoms. The van der Waals surface area contributed by atoms with Gasteiger partial charge in [0, 0.05) is 23.6 Å². The van der Waals surface area contributed by atoms with Crippen LogP contribution in [0.3, 0.4) is 0 Å². The third-order valence-electron chi connectivity index (χ3n) is 3.88. The van der Waals surface area contributed by atoms with E-state index in [4.69, 9.17) is 5.73 Å². The van der Waals surface area contributed by atoms with Gasteiger partial charge >= 0.3 is 0 Å². The van der Waals surface area contributed by atoms with Crippen molar-refractivity contribution in [2.24, 2.45) is 11.1 Å². The molecule has 2 nitrogen and oxygen atoms in total. The van der Waals surface area contributed by atoms with E-state index in [0.29, 0.717) is 10.2 Å². The van der Waals surface area contributed by atoms with Crippen LogP contribution in [0, 0.1) is 5.41 Å². The standard InChI is InChI=1S/C12H24N2S/c1-11(2)5-6-14(7-8-15-11)10-12(9-13)3-4-12/h3-10,13H2,1-2H3. The molecule has 0 radical (unpaired) electrons. The molecule has 1 saturated heterocycles. The Kier molecular flexibility index (Phi) is 3.34. The maximum Gasteiger partial charge on any atom is 0.0116 e. The van der Waals surface area contributed by atoms with Crippen molar-refractivity contribution in [2.75, 3.05) is 31.9 Å². The lowest BCUT2D eigenvalue weighted by molar-refractivity contribution is 0.230. The average molecular weight is 228 g/mol. The Balaban J connectivity index is 1.84. The van der Waals surface area contributed by atoms with Gasteiger partial charge in [-0.3, -0.25) is 0 Å². The molecule has 2 aliphatic rings. The second-order valence-electron chi connectivity index (χ2n) is 5.84. The summed E-state index contributed by atoms with van der Waals surface area (Å²) in [5.41, 5.74) is 6.36. The van der Waals surface area contributed by atoms with Crippen molar-refractivity contribution in [3.63, 3.8) is 0 Å². The van der Waals surface area contributed by atoms with Crippen molar-refractivity contribution in [1.29, 1.82) is 0 Å². The smallest absolute Gasteiger partial charge is 0.0116 e. The molecule has 0 unspecified atom stereocenters. The van der Waals surface area contributed by atoms with Crippen molar-refractivity contribution in [3.05, 3.63) is 0 Å². The Hall–Kier alpha value is 0.270. The zero-order valence-electron chi connectivity index (χ0n) is 10.1. The molecule has 0 bridgehead atoms. The minimum Gasteiger partial charge on any atom is -0.330 e. The zero-order chi connectivity index (χ0) is 10.9. The van der Waals surface area contributed by atoms with E-state index in [1.165, 1.54) is 44.6 Å². The van der Waals surface area contributed by atoms with Crippen LogP contribution in [0.5, 0.6) is 0 Å². The third-order valence-corrected chi connectivity index (χ3v) is 5.25. The molecule has 1 saturated carbocycles. The second-order valence-corrected chi connectivity index (χ2v) is 7.64. The van der Waals surface area contributed by atoms with Gasteiger partial charge < -0.3 is 10.6 Å². The largest absolute Gasteiger partial charge is 0.330 e. The summed E-state index contributed by atoms with van der Waals surface area (Å²) in [6.45, 7) is 9.41. The third kappa shape index (κ3) is 3.11. The maximum absolute atomic E-state index is 5.85. The van der Waals surface area contributed by atoms with Gasteiger partial charge in [0.15, 0.2) is 0 Å². The highest BCUT2D eigenvalue weighted by atomic mass is 32.2. The maximum atomic E-state index is 5.85. The number of hydrogen-bond acceptors (Lipinski definition) is 3. The van der Waals surface area contributed by atoms with Gasteiger partial charge in [0.05, 0.1) is 0 Å². The van der Waals surface area contributed by atoms with Crippen LogP contribution in [-0.2, 0) is 0 Å². The van der Waals surface area contributed by atoms with Gasteiger partial charge in [-0.1, -0.05) is 13.8 Å². The molecule has 0 amide bonds. The fraction of sp³-hybridized carbons (Fsp3) is 1.00. The molecule has 15 heavy (non-hydrogen) atoms. The summed E-state index contributed by atoms with van der Waals surface area (Å²) in [5, 5.41) is 0. The van der Waals surface area contributed by atoms with Gasteiger partial charge in [0.2, 0.25) is 0 Å². The quantitative estimate of drug-likeness (QED) is 0.800. The highest BCUT2D eigenvalue weighted by molar-refractivity contribution is 8.00. The van der Waals surface area contributed by atoms with Crippen molar-refractivity contribution in [2.45, 2.75) is 37.9 Å². The van der Waals surface area contributed by atoms with E-state index in [0.717, 1.165) is 6.54 Å². The minimum absolute atomic E-state index is 0.480. The fourth-order valence-electron chi connectivity index (χ4n) is 2.30. The first-order chi connectivity index (χ1) is 7.05. The van der Waals surface area contributed by atoms with Crippen LogP contribution < -0.4 is 5.73 Å². The van der Waals surface area contributed by atoms with Crippen LogP contribution in [0.15, 0.2) is 0 Å². The summed E-state index contributed by atoms with van der Waals surface area (Å²) >= 11 is 2.13. The predicted molar refractivity (Wildman–Crippen MR) is 68.3 cm³/mol.